The Morgan fingerprint density at radius 2 is 2.05 bits per heavy atom. The van der Waals surface area contributed by atoms with Gasteiger partial charge in [-0.05, 0) is 49.5 Å². The molecule has 1 fully saturated rings. The Labute approximate surface area is 116 Å². The van der Waals surface area contributed by atoms with E-state index in [1.807, 2.05) is 0 Å². The van der Waals surface area contributed by atoms with Crippen molar-refractivity contribution in [3.8, 4) is 0 Å². The van der Waals surface area contributed by atoms with Crippen LogP contribution in [0.5, 0.6) is 0 Å². The fourth-order valence-corrected chi connectivity index (χ4v) is 3.38. The number of carbonyl (C=O) groups excluding carboxylic acids is 1. The molecular formula is C17H26O2. The third-order valence-corrected chi connectivity index (χ3v) is 4.93. The van der Waals surface area contributed by atoms with Gasteiger partial charge in [0.1, 0.15) is 6.10 Å². The summed E-state index contributed by atoms with van der Waals surface area (Å²) in [5.74, 6) is 1.24. The van der Waals surface area contributed by atoms with Gasteiger partial charge in [0, 0.05) is 13.3 Å². The third-order valence-electron chi connectivity index (χ3n) is 4.93. The van der Waals surface area contributed by atoms with E-state index in [9.17, 15) is 4.79 Å². The van der Waals surface area contributed by atoms with Gasteiger partial charge in [0.2, 0.25) is 0 Å². The average Bonchev–Trinajstić information content (AvgIpc) is 2.81. The topological polar surface area (TPSA) is 26.3 Å². The predicted molar refractivity (Wildman–Crippen MR) is 77.7 cm³/mol. The van der Waals surface area contributed by atoms with Crippen molar-refractivity contribution < 1.29 is 9.53 Å². The van der Waals surface area contributed by atoms with Crippen LogP contribution in [0.2, 0.25) is 0 Å². The molecule has 106 valence electrons. The lowest BCUT2D eigenvalue weighted by Gasteiger charge is -2.18. The lowest BCUT2D eigenvalue weighted by atomic mass is 9.99. The molecular weight excluding hydrogens is 236 g/mol. The van der Waals surface area contributed by atoms with Gasteiger partial charge in [-0.2, -0.15) is 0 Å². The lowest BCUT2D eigenvalue weighted by Crippen LogP contribution is -2.17. The minimum atomic E-state index is -0.188. The maximum atomic E-state index is 11.2. The largest absolute Gasteiger partial charge is 0.458 e. The van der Waals surface area contributed by atoms with E-state index in [0.717, 1.165) is 12.3 Å². The molecule has 0 aromatic heterocycles. The Morgan fingerprint density at radius 1 is 1.37 bits per heavy atom. The first-order valence-electron chi connectivity index (χ1n) is 7.33. The van der Waals surface area contributed by atoms with Crippen molar-refractivity contribution in [3.05, 3.63) is 23.3 Å². The lowest BCUT2D eigenvalue weighted by molar-refractivity contribution is -0.144. The molecule has 0 saturated heterocycles. The summed E-state index contributed by atoms with van der Waals surface area (Å²) in [5, 5.41) is 0. The number of esters is 1. The molecule has 2 nitrogen and oxygen atoms in total. The second-order valence-corrected chi connectivity index (χ2v) is 6.79. The van der Waals surface area contributed by atoms with Crippen LogP contribution in [0.1, 0.15) is 53.9 Å². The first-order chi connectivity index (χ1) is 8.82. The average molecular weight is 262 g/mol. The van der Waals surface area contributed by atoms with Gasteiger partial charge < -0.3 is 4.74 Å². The zero-order valence-corrected chi connectivity index (χ0v) is 12.8. The molecule has 0 N–H and O–H groups in total. The summed E-state index contributed by atoms with van der Waals surface area (Å²) in [6, 6.07) is 0. The molecule has 2 aliphatic rings. The fraction of sp³-hybridized carbons (Fsp3) is 0.706. The monoisotopic (exact) mass is 262 g/mol. The summed E-state index contributed by atoms with van der Waals surface area (Å²) in [6.07, 6.45) is 7.77. The van der Waals surface area contributed by atoms with Crippen molar-refractivity contribution >= 4 is 5.97 Å². The summed E-state index contributed by atoms with van der Waals surface area (Å²) >= 11 is 0. The highest BCUT2D eigenvalue weighted by Gasteiger charge is 2.55. The summed E-state index contributed by atoms with van der Waals surface area (Å²) in [5.41, 5.74) is 3.04. The summed E-state index contributed by atoms with van der Waals surface area (Å²) in [7, 11) is 0. The van der Waals surface area contributed by atoms with Crippen LogP contribution in [-0.2, 0) is 9.53 Å². The van der Waals surface area contributed by atoms with Gasteiger partial charge >= 0.3 is 5.97 Å². The number of rotatable bonds is 1. The number of ether oxygens (including phenoxy) is 1. The molecule has 0 unspecified atom stereocenters. The van der Waals surface area contributed by atoms with Crippen LogP contribution >= 0.6 is 0 Å². The standard InChI is InChI=1S/C17H26O2/c1-11-6-8-14-15(17(14,4)5)10-12(2)16(9-7-11)19-13(3)18/h7,10,14-16H,6,8-9H2,1-5H3/b11-7+,12-10+/t14-,15+,16-/m0/s1. The van der Waals surface area contributed by atoms with Gasteiger partial charge in [0.25, 0.3) is 0 Å². The van der Waals surface area contributed by atoms with E-state index in [0.29, 0.717) is 11.3 Å². The van der Waals surface area contributed by atoms with Crippen LogP contribution in [0.4, 0.5) is 0 Å². The Kier molecular flexibility index (Phi) is 3.89. The van der Waals surface area contributed by atoms with Gasteiger partial charge in [0.15, 0.2) is 0 Å². The number of hydrogen-bond donors (Lipinski definition) is 0. The van der Waals surface area contributed by atoms with Gasteiger partial charge in [-0.1, -0.05) is 31.6 Å². The normalized spacial score (nSPS) is 39.1. The van der Waals surface area contributed by atoms with Crippen molar-refractivity contribution in [3.63, 3.8) is 0 Å². The van der Waals surface area contributed by atoms with E-state index in [-0.39, 0.29) is 12.1 Å². The first-order valence-corrected chi connectivity index (χ1v) is 7.33. The Balaban J connectivity index is 2.22. The van der Waals surface area contributed by atoms with Crippen LogP contribution < -0.4 is 0 Å². The molecule has 3 atom stereocenters. The van der Waals surface area contributed by atoms with E-state index >= 15 is 0 Å². The van der Waals surface area contributed by atoms with Crippen molar-refractivity contribution in [2.24, 2.45) is 17.3 Å². The molecule has 1 saturated carbocycles. The molecule has 19 heavy (non-hydrogen) atoms. The number of allylic oxidation sites excluding steroid dienone is 2. The van der Waals surface area contributed by atoms with E-state index in [1.165, 1.54) is 30.9 Å². The zero-order valence-electron chi connectivity index (χ0n) is 12.8. The number of carbonyl (C=O) groups is 1. The summed E-state index contributed by atoms with van der Waals surface area (Å²) < 4.78 is 5.47. The highest BCUT2D eigenvalue weighted by atomic mass is 16.5. The molecule has 0 aliphatic heterocycles. The second kappa shape index (κ2) is 5.15. The first kappa shape index (κ1) is 14.4. The van der Waals surface area contributed by atoms with Crippen LogP contribution in [0.15, 0.2) is 23.3 Å². The Bertz CT molecular complexity index is 429. The van der Waals surface area contributed by atoms with Crippen LogP contribution in [0.3, 0.4) is 0 Å². The van der Waals surface area contributed by atoms with Crippen LogP contribution in [-0.4, -0.2) is 12.1 Å². The maximum Gasteiger partial charge on any atom is 0.303 e. The molecule has 0 aromatic rings. The van der Waals surface area contributed by atoms with E-state index < -0.39 is 0 Å². The SMILES string of the molecule is CC(=O)O[C@H]1C/C=C(\C)CC[C@H]2[C@@H](/C=C/1C)C2(C)C. The molecule has 0 bridgehead atoms. The highest BCUT2D eigenvalue weighted by molar-refractivity contribution is 5.66. The predicted octanol–water partition coefficient (Wildman–Crippen LogP) is 4.27. The van der Waals surface area contributed by atoms with E-state index in [4.69, 9.17) is 4.74 Å². The van der Waals surface area contributed by atoms with Crippen molar-refractivity contribution in [2.45, 2.75) is 60.0 Å². The molecule has 2 heteroatoms. The van der Waals surface area contributed by atoms with Crippen LogP contribution in [0.25, 0.3) is 0 Å². The third kappa shape index (κ3) is 3.10. The minimum absolute atomic E-state index is 0.0809. The van der Waals surface area contributed by atoms with Crippen molar-refractivity contribution in [2.75, 3.05) is 0 Å². The molecule has 0 heterocycles. The number of fused-ring (bicyclic) bond motifs is 1. The minimum Gasteiger partial charge on any atom is -0.458 e. The summed E-state index contributed by atoms with van der Waals surface area (Å²) in [4.78, 5) is 11.2. The Morgan fingerprint density at radius 3 is 2.68 bits per heavy atom. The molecule has 0 amide bonds. The fourth-order valence-electron chi connectivity index (χ4n) is 3.38. The highest BCUT2D eigenvalue weighted by Crippen LogP contribution is 2.61. The number of hydrogen-bond acceptors (Lipinski definition) is 2. The van der Waals surface area contributed by atoms with Crippen LogP contribution in [0, 0.1) is 17.3 Å². The zero-order chi connectivity index (χ0) is 14.2. The maximum absolute atomic E-state index is 11.2. The molecule has 2 rings (SSSR count). The summed E-state index contributed by atoms with van der Waals surface area (Å²) in [6.45, 7) is 10.5. The van der Waals surface area contributed by atoms with Gasteiger partial charge in [-0.25, -0.2) is 0 Å². The molecule has 0 radical (unpaired) electrons. The van der Waals surface area contributed by atoms with E-state index in [1.54, 1.807) is 0 Å². The van der Waals surface area contributed by atoms with E-state index in [2.05, 4.69) is 39.8 Å². The van der Waals surface area contributed by atoms with Gasteiger partial charge in [0.05, 0.1) is 0 Å². The quantitative estimate of drug-likeness (QED) is 0.521. The molecule has 0 aromatic carbocycles. The van der Waals surface area contributed by atoms with Crippen molar-refractivity contribution in [1.82, 2.24) is 0 Å². The second-order valence-electron chi connectivity index (χ2n) is 6.79. The van der Waals surface area contributed by atoms with Crippen molar-refractivity contribution in [1.29, 1.82) is 0 Å². The van der Waals surface area contributed by atoms with Gasteiger partial charge in [-0.15, -0.1) is 0 Å². The molecule has 2 aliphatic carbocycles. The Hall–Kier alpha value is -1.05. The molecule has 0 spiro atoms. The smallest absolute Gasteiger partial charge is 0.303 e. The van der Waals surface area contributed by atoms with Gasteiger partial charge in [-0.3, -0.25) is 4.79 Å².